The van der Waals surface area contributed by atoms with Crippen LogP contribution in [0.15, 0.2) is 54.6 Å². The lowest BCUT2D eigenvalue weighted by Gasteiger charge is -2.29. The molecule has 2 heterocycles. The summed E-state index contributed by atoms with van der Waals surface area (Å²) in [5.74, 6) is 2.07. The van der Waals surface area contributed by atoms with Crippen LogP contribution in [0, 0.1) is 11.5 Å². The monoisotopic (exact) mass is 393 g/mol. The van der Waals surface area contributed by atoms with Crippen LogP contribution in [0.25, 0.3) is 11.3 Å². The topological polar surface area (TPSA) is 80.1 Å². The van der Waals surface area contributed by atoms with Crippen LogP contribution in [0.2, 0.25) is 5.02 Å². The molecule has 2 aromatic carbocycles. The fraction of sp³-hybridized carbons (Fsp3) is 0.238. The van der Waals surface area contributed by atoms with Crippen LogP contribution in [0.3, 0.4) is 0 Å². The van der Waals surface area contributed by atoms with E-state index in [-0.39, 0.29) is 6.04 Å². The number of rotatable bonds is 4. The minimum atomic E-state index is 0.120. The van der Waals surface area contributed by atoms with Crippen molar-refractivity contribution in [2.45, 2.75) is 18.9 Å². The molecule has 6 nitrogen and oxygen atoms in total. The van der Waals surface area contributed by atoms with E-state index in [4.69, 9.17) is 32.4 Å². The Balaban J connectivity index is 1.50. The molecule has 0 amide bonds. The predicted octanol–water partition coefficient (Wildman–Crippen LogP) is 4.70. The molecule has 0 bridgehead atoms. The number of nitrogen functional groups attached to an aromatic ring is 1. The molecule has 0 aliphatic carbocycles. The van der Waals surface area contributed by atoms with E-state index in [9.17, 15) is 0 Å². The van der Waals surface area contributed by atoms with Gasteiger partial charge in [-0.15, -0.1) is 0 Å². The SMILES string of the molecule is N#CN1CCCC(n2nc(-c3ccc(Oc4ccc(Cl)cc4)cc3)cc2N)C1. The van der Waals surface area contributed by atoms with Crippen molar-refractivity contribution < 1.29 is 4.74 Å². The minimum Gasteiger partial charge on any atom is -0.457 e. The Morgan fingerprint density at radius 2 is 1.79 bits per heavy atom. The van der Waals surface area contributed by atoms with Crippen LogP contribution in [0.5, 0.6) is 11.5 Å². The highest BCUT2D eigenvalue weighted by Crippen LogP contribution is 2.29. The zero-order valence-corrected chi connectivity index (χ0v) is 16.0. The zero-order chi connectivity index (χ0) is 19.5. The van der Waals surface area contributed by atoms with Crippen molar-refractivity contribution >= 4 is 17.4 Å². The minimum absolute atomic E-state index is 0.120. The number of nitrogens with zero attached hydrogens (tertiary/aromatic N) is 4. The summed E-state index contributed by atoms with van der Waals surface area (Å²) in [5.41, 5.74) is 7.97. The third-order valence-electron chi connectivity index (χ3n) is 4.85. The van der Waals surface area contributed by atoms with Gasteiger partial charge < -0.3 is 15.4 Å². The maximum absolute atomic E-state index is 9.15. The molecular weight excluding hydrogens is 374 g/mol. The van der Waals surface area contributed by atoms with Crippen molar-refractivity contribution in [1.29, 1.82) is 5.26 Å². The third kappa shape index (κ3) is 3.90. The molecule has 1 atom stereocenters. The van der Waals surface area contributed by atoms with Crippen molar-refractivity contribution in [1.82, 2.24) is 14.7 Å². The Kier molecular flexibility index (Phi) is 5.09. The number of likely N-dealkylation sites (tertiary alicyclic amines) is 1. The van der Waals surface area contributed by atoms with Crippen LogP contribution < -0.4 is 10.5 Å². The average molecular weight is 394 g/mol. The number of hydrogen-bond donors (Lipinski definition) is 1. The van der Waals surface area contributed by atoms with E-state index >= 15 is 0 Å². The van der Waals surface area contributed by atoms with Gasteiger partial charge >= 0.3 is 0 Å². The molecule has 1 fully saturated rings. The number of aromatic nitrogens is 2. The molecule has 1 saturated heterocycles. The molecule has 2 N–H and O–H groups in total. The fourth-order valence-electron chi connectivity index (χ4n) is 3.42. The summed E-state index contributed by atoms with van der Waals surface area (Å²) in [4.78, 5) is 1.76. The average Bonchev–Trinajstić information content (AvgIpc) is 3.12. The Hall–Kier alpha value is -3.17. The molecule has 1 unspecified atom stereocenters. The summed E-state index contributed by atoms with van der Waals surface area (Å²) in [6.07, 6.45) is 4.15. The summed E-state index contributed by atoms with van der Waals surface area (Å²) in [7, 11) is 0. The first-order valence-electron chi connectivity index (χ1n) is 9.16. The van der Waals surface area contributed by atoms with Gasteiger partial charge in [-0.25, -0.2) is 4.68 Å². The lowest BCUT2D eigenvalue weighted by atomic mass is 10.1. The number of nitriles is 1. The van der Waals surface area contributed by atoms with Gasteiger partial charge in [-0.1, -0.05) is 11.6 Å². The second kappa shape index (κ2) is 7.83. The van der Waals surface area contributed by atoms with Crippen molar-refractivity contribution in [3.63, 3.8) is 0 Å². The second-order valence-corrected chi connectivity index (χ2v) is 7.26. The van der Waals surface area contributed by atoms with E-state index in [0.717, 1.165) is 42.1 Å². The van der Waals surface area contributed by atoms with Gasteiger partial charge in [-0.05, 0) is 61.4 Å². The molecule has 28 heavy (non-hydrogen) atoms. The molecule has 1 aromatic heterocycles. The molecular formula is C21H20ClN5O. The first-order chi connectivity index (χ1) is 13.6. The normalized spacial score (nSPS) is 16.6. The molecule has 7 heteroatoms. The van der Waals surface area contributed by atoms with Crippen molar-refractivity contribution in [3.8, 4) is 28.9 Å². The van der Waals surface area contributed by atoms with Gasteiger partial charge in [0.2, 0.25) is 0 Å². The van der Waals surface area contributed by atoms with Gasteiger partial charge in [-0.2, -0.15) is 10.4 Å². The van der Waals surface area contributed by atoms with Crippen molar-refractivity contribution in [2.75, 3.05) is 18.8 Å². The number of benzene rings is 2. The number of ether oxygens (including phenoxy) is 1. The Bertz CT molecular complexity index is 991. The Labute approximate surface area is 168 Å². The predicted molar refractivity (Wildman–Crippen MR) is 109 cm³/mol. The van der Waals surface area contributed by atoms with Crippen LogP contribution in [-0.4, -0.2) is 27.8 Å². The van der Waals surface area contributed by atoms with Crippen LogP contribution >= 0.6 is 11.6 Å². The van der Waals surface area contributed by atoms with E-state index in [1.807, 2.05) is 47.1 Å². The lowest BCUT2D eigenvalue weighted by Crippen LogP contribution is -2.34. The van der Waals surface area contributed by atoms with Crippen LogP contribution in [-0.2, 0) is 0 Å². The van der Waals surface area contributed by atoms with Crippen LogP contribution in [0.4, 0.5) is 5.82 Å². The van der Waals surface area contributed by atoms with E-state index in [2.05, 4.69) is 6.19 Å². The summed E-state index contributed by atoms with van der Waals surface area (Å²) in [6, 6.07) is 16.9. The molecule has 3 aromatic rings. The first-order valence-corrected chi connectivity index (χ1v) is 9.54. The van der Waals surface area contributed by atoms with E-state index < -0.39 is 0 Å². The molecule has 1 aliphatic rings. The lowest BCUT2D eigenvalue weighted by molar-refractivity contribution is 0.235. The smallest absolute Gasteiger partial charge is 0.179 e. The van der Waals surface area contributed by atoms with Gasteiger partial charge in [-0.3, -0.25) is 0 Å². The first kappa shape index (κ1) is 18.2. The summed E-state index contributed by atoms with van der Waals surface area (Å²) >= 11 is 5.90. The van der Waals surface area contributed by atoms with Crippen molar-refractivity contribution in [3.05, 3.63) is 59.6 Å². The number of anilines is 1. The quantitative estimate of drug-likeness (QED) is 0.650. The number of nitrogens with two attached hydrogens (primary N) is 1. The summed E-state index contributed by atoms with van der Waals surface area (Å²) < 4.78 is 7.67. The molecule has 0 radical (unpaired) electrons. The fourth-order valence-corrected chi connectivity index (χ4v) is 3.55. The standard InChI is InChI=1S/C21H20ClN5O/c22-16-5-9-19(10-6-16)28-18-7-3-15(4-8-18)20-12-21(24)27(25-20)17-2-1-11-26(13-17)14-23/h3-10,12,17H,1-2,11,13,24H2. The van der Waals surface area contributed by atoms with Gasteiger partial charge in [0.15, 0.2) is 6.19 Å². The van der Waals surface area contributed by atoms with Gasteiger partial charge in [0.25, 0.3) is 0 Å². The molecule has 4 rings (SSSR count). The van der Waals surface area contributed by atoms with Gasteiger partial charge in [0.1, 0.15) is 17.3 Å². The highest BCUT2D eigenvalue weighted by molar-refractivity contribution is 6.30. The molecule has 0 spiro atoms. The summed E-state index contributed by atoms with van der Waals surface area (Å²) in [5, 5.41) is 14.5. The zero-order valence-electron chi connectivity index (χ0n) is 15.3. The van der Waals surface area contributed by atoms with E-state index in [0.29, 0.717) is 17.4 Å². The number of halogens is 1. The Morgan fingerprint density at radius 3 is 2.46 bits per heavy atom. The van der Waals surface area contributed by atoms with E-state index in [1.165, 1.54) is 0 Å². The highest BCUT2D eigenvalue weighted by atomic mass is 35.5. The third-order valence-corrected chi connectivity index (χ3v) is 5.10. The highest BCUT2D eigenvalue weighted by Gasteiger charge is 2.23. The van der Waals surface area contributed by atoms with Gasteiger partial charge in [0.05, 0.1) is 18.3 Å². The van der Waals surface area contributed by atoms with Crippen LogP contribution in [0.1, 0.15) is 18.9 Å². The van der Waals surface area contributed by atoms with Crippen molar-refractivity contribution in [2.24, 2.45) is 0 Å². The summed E-state index contributed by atoms with van der Waals surface area (Å²) in [6.45, 7) is 1.45. The number of piperidine rings is 1. The second-order valence-electron chi connectivity index (χ2n) is 6.82. The molecule has 1 aliphatic heterocycles. The Morgan fingerprint density at radius 1 is 1.11 bits per heavy atom. The number of hydrogen-bond acceptors (Lipinski definition) is 5. The maximum atomic E-state index is 9.15. The molecule has 142 valence electrons. The largest absolute Gasteiger partial charge is 0.457 e. The molecule has 0 saturated carbocycles. The van der Waals surface area contributed by atoms with E-state index in [1.54, 1.807) is 17.0 Å². The van der Waals surface area contributed by atoms with Gasteiger partial charge in [0, 0.05) is 23.2 Å². The maximum Gasteiger partial charge on any atom is 0.179 e.